The van der Waals surface area contributed by atoms with Crippen molar-refractivity contribution in [3.8, 4) is 5.75 Å². The molecule has 1 aromatic heterocycles. The predicted molar refractivity (Wildman–Crippen MR) is 87.8 cm³/mol. The van der Waals surface area contributed by atoms with Crippen LogP contribution in [0.15, 0.2) is 24.3 Å². The minimum Gasteiger partial charge on any atom is -0.486 e. The van der Waals surface area contributed by atoms with Crippen LogP contribution in [0.2, 0.25) is 0 Å². The number of piperidine rings is 1. The number of anilines is 1. The van der Waals surface area contributed by atoms with E-state index in [1.54, 1.807) is 26.4 Å². The first-order chi connectivity index (χ1) is 11.5. The van der Waals surface area contributed by atoms with E-state index in [0.29, 0.717) is 56.1 Å². The van der Waals surface area contributed by atoms with Gasteiger partial charge in [-0.2, -0.15) is 0 Å². The summed E-state index contributed by atoms with van der Waals surface area (Å²) in [7, 11) is 1.73. The van der Waals surface area contributed by atoms with E-state index in [-0.39, 0.29) is 6.61 Å². The molecule has 2 N–H and O–H groups in total. The van der Waals surface area contributed by atoms with E-state index in [1.165, 1.54) is 0 Å². The molecule has 2 heterocycles. The molecule has 24 heavy (non-hydrogen) atoms. The number of hydrogen-bond acceptors (Lipinski definition) is 6. The van der Waals surface area contributed by atoms with E-state index in [2.05, 4.69) is 15.3 Å². The molecule has 1 aromatic rings. The van der Waals surface area contributed by atoms with Crippen molar-refractivity contribution < 1.29 is 19.0 Å². The van der Waals surface area contributed by atoms with Crippen LogP contribution in [0.5, 0.6) is 5.75 Å². The van der Waals surface area contributed by atoms with E-state index >= 15 is 0 Å². The minimum absolute atomic E-state index is 0.126. The standard InChI is InChI=1S/C16H23FN4O3/c1-16(14(22)23)3-5-21(6-4-16)15-19-9-13(10-20-15)24-11-12(7-17)8-18-2/h7,9-10,18H,3-6,8,11H2,1-2H3,(H,22,23)/b12-7+. The average Bonchev–Trinajstić information content (AvgIpc) is 2.59. The lowest BCUT2D eigenvalue weighted by Crippen LogP contribution is -2.43. The zero-order valence-electron chi connectivity index (χ0n) is 14.0. The Balaban J connectivity index is 1.90. The molecule has 0 radical (unpaired) electrons. The Labute approximate surface area is 140 Å². The largest absolute Gasteiger partial charge is 0.486 e. The number of aliphatic carboxylic acids is 1. The Hall–Kier alpha value is -2.22. The first-order valence-corrected chi connectivity index (χ1v) is 7.84. The van der Waals surface area contributed by atoms with E-state index < -0.39 is 11.4 Å². The molecule has 132 valence electrons. The number of carboxylic acids is 1. The van der Waals surface area contributed by atoms with Crippen molar-refractivity contribution in [2.45, 2.75) is 19.8 Å². The van der Waals surface area contributed by atoms with Crippen molar-refractivity contribution in [2.24, 2.45) is 5.41 Å². The van der Waals surface area contributed by atoms with Crippen LogP contribution < -0.4 is 15.0 Å². The van der Waals surface area contributed by atoms with Gasteiger partial charge in [0, 0.05) is 25.2 Å². The summed E-state index contributed by atoms with van der Waals surface area (Å²) >= 11 is 0. The highest BCUT2D eigenvalue weighted by Crippen LogP contribution is 2.32. The molecule has 1 fully saturated rings. The smallest absolute Gasteiger partial charge is 0.309 e. The van der Waals surface area contributed by atoms with E-state index in [9.17, 15) is 14.3 Å². The van der Waals surface area contributed by atoms with Gasteiger partial charge in [0.15, 0.2) is 5.75 Å². The second-order valence-electron chi connectivity index (χ2n) is 6.16. The lowest BCUT2D eigenvalue weighted by Gasteiger charge is -2.36. The van der Waals surface area contributed by atoms with Crippen LogP contribution >= 0.6 is 0 Å². The topological polar surface area (TPSA) is 87.6 Å². The molecule has 7 nitrogen and oxygen atoms in total. The SMILES string of the molecule is CNC/C(=C\F)COc1cnc(N2CCC(C)(C(=O)O)CC2)nc1. The van der Waals surface area contributed by atoms with E-state index in [1.807, 2.05) is 4.90 Å². The summed E-state index contributed by atoms with van der Waals surface area (Å²) in [5.41, 5.74) is -0.187. The summed E-state index contributed by atoms with van der Waals surface area (Å²) in [6, 6.07) is 0. The lowest BCUT2D eigenvalue weighted by atomic mass is 9.80. The van der Waals surface area contributed by atoms with Crippen LogP contribution in [-0.4, -0.2) is 54.3 Å². The molecule has 0 atom stereocenters. The Morgan fingerprint density at radius 1 is 1.46 bits per heavy atom. The molecule has 0 saturated carbocycles. The van der Waals surface area contributed by atoms with Crippen molar-refractivity contribution >= 4 is 11.9 Å². The van der Waals surface area contributed by atoms with Gasteiger partial charge in [-0.15, -0.1) is 0 Å². The van der Waals surface area contributed by atoms with Crippen LogP contribution in [0.3, 0.4) is 0 Å². The van der Waals surface area contributed by atoms with Crippen molar-refractivity contribution in [1.82, 2.24) is 15.3 Å². The summed E-state index contributed by atoms with van der Waals surface area (Å²) in [6.45, 7) is 3.50. The van der Waals surface area contributed by atoms with Gasteiger partial charge in [0.05, 0.1) is 24.1 Å². The highest BCUT2D eigenvalue weighted by molar-refractivity contribution is 5.74. The lowest BCUT2D eigenvalue weighted by molar-refractivity contribution is -0.149. The van der Waals surface area contributed by atoms with Gasteiger partial charge >= 0.3 is 5.97 Å². The first-order valence-electron chi connectivity index (χ1n) is 7.84. The fourth-order valence-corrected chi connectivity index (χ4v) is 2.49. The number of carboxylic acid groups (broad SMARTS) is 1. The number of hydrogen-bond donors (Lipinski definition) is 2. The zero-order chi connectivity index (χ0) is 17.6. The van der Waals surface area contributed by atoms with Gasteiger partial charge in [0.2, 0.25) is 5.95 Å². The maximum absolute atomic E-state index is 12.6. The number of aromatic nitrogens is 2. The van der Waals surface area contributed by atoms with Gasteiger partial charge < -0.3 is 20.1 Å². The molecule has 2 rings (SSSR count). The van der Waals surface area contributed by atoms with Crippen LogP contribution in [0.4, 0.5) is 10.3 Å². The van der Waals surface area contributed by atoms with Crippen molar-refractivity contribution in [3.63, 3.8) is 0 Å². The Bertz CT molecular complexity index is 583. The van der Waals surface area contributed by atoms with Crippen LogP contribution in [0.1, 0.15) is 19.8 Å². The molecule has 1 saturated heterocycles. The number of rotatable bonds is 7. The molecule has 0 unspecified atom stereocenters. The number of nitrogens with zero attached hydrogens (tertiary/aromatic N) is 3. The third-order valence-corrected chi connectivity index (χ3v) is 4.26. The van der Waals surface area contributed by atoms with Crippen molar-refractivity contribution in [3.05, 3.63) is 24.3 Å². The summed E-state index contributed by atoms with van der Waals surface area (Å²) < 4.78 is 18.1. The number of carbonyl (C=O) groups is 1. The zero-order valence-corrected chi connectivity index (χ0v) is 14.0. The Morgan fingerprint density at radius 2 is 2.08 bits per heavy atom. The highest BCUT2D eigenvalue weighted by Gasteiger charge is 2.37. The second-order valence-corrected chi connectivity index (χ2v) is 6.16. The first kappa shape index (κ1) is 18.1. The maximum atomic E-state index is 12.6. The number of halogens is 1. The molecular formula is C16H23FN4O3. The molecule has 0 amide bonds. The Morgan fingerprint density at radius 3 is 2.58 bits per heavy atom. The molecule has 0 aromatic carbocycles. The molecule has 1 aliphatic heterocycles. The summed E-state index contributed by atoms with van der Waals surface area (Å²) in [5.74, 6) is 0.248. The fourth-order valence-electron chi connectivity index (χ4n) is 2.49. The number of likely N-dealkylation sites (N-methyl/N-ethyl adjacent to an activating group) is 1. The minimum atomic E-state index is -0.759. The van der Waals surface area contributed by atoms with E-state index in [0.717, 1.165) is 0 Å². The van der Waals surface area contributed by atoms with E-state index in [4.69, 9.17) is 4.74 Å². The quantitative estimate of drug-likeness (QED) is 0.781. The molecular weight excluding hydrogens is 315 g/mol. The second kappa shape index (κ2) is 8.05. The molecule has 8 heteroatoms. The molecule has 0 bridgehead atoms. The Kier molecular flexibility index (Phi) is 6.08. The third kappa shape index (κ3) is 4.41. The van der Waals surface area contributed by atoms with Gasteiger partial charge in [-0.3, -0.25) is 4.79 Å². The van der Waals surface area contributed by atoms with Gasteiger partial charge in [0.25, 0.3) is 0 Å². The maximum Gasteiger partial charge on any atom is 0.309 e. The third-order valence-electron chi connectivity index (χ3n) is 4.26. The summed E-state index contributed by atoms with van der Waals surface area (Å²) in [4.78, 5) is 21.7. The van der Waals surface area contributed by atoms with Crippen LogP contribution in [0, 0.1) is 5.41 Å². The van der Waals surface area contributed by atoms with Gasteiger partial charge in [-0.25, -0.2) is 14.4 Å². The number of nitrogens with one attached hydrogen (secondary N) is 1. The normalized spacial score (nSPS) is 17.6. The molecule has 1 aliphatic rings. The van der Waals surface area contributed by atoms with Crippen molar-refractivity contribution in [1.29, 1.82) is 0 Å². The summed E-state index contributed by atoms with van der Waals surface area (Å²) in [5, 5.41) is 12.1. The van der Waals surface area contributed by atoms with Crippen LogP contribution in [0.25, 0.3) is 0 Å². The van der Waals surface area contributed by atoms with Gasteiger partial charge in [0.1, 0.15) is 6.61 Å². The average molecular weight is 338 g/mol. The number of ether oxygens (including phenoxy) is 1. The predicted octanol–water partition coefficient (Wildman–Crippen LogP) is 1.62. The molecule has 0 spiro atoms. The monoisotopic (exact) mass is 338 g/mol. The fraction of sp³-hybridized carbons (Fsp3) is 0.562. The van der Waals surface area contributed by atoms with Gasteiger partial charge in [-0.1, -0.05) is 0 Å². The molecule has 0 aliphatic carbocycles. The van der Waals surface area contributed by atoms with Crippen molar-refractivity contribution in [2.75, 3.05) is 38.2 Å². The van der Waals surface area contributed by atoms with Crippen LogP contribution in [-0.2, 0) is 4.79 Å². The van der Waals surface area contributed by atoms with Gasteiger partial charge in [-0.05, 0) is 26.8 Å². The highest BCUT2D eigenvalue weighted by atomic mass is 19.1. The summed E-state index contributed by atoms with van der Waals surface area (Å²) in [6.07, 6.45) is 4.72.